The van der Waals surface area contributed by atoms with Gasteiger partial charge >= 0.3 is 0 Å². The first-order valence-electron chi connectivity index (χ1n) is 8.83. The topological polar surface area (TPSA) is 74.1 Å². The largest absolute Gasteiger partial charge is 0.461 e. The molecule has 3 aromatic rings. The molecule has 0 aromatic carbocycles. The fourth-order valence-electron chi connectivity index (χ4n) is 3.45. The number of hydrogen-bond donors (Lipinski definition) is 0. The van der Waals surface area contributed by atoms with E-state index in [0.717, 1.165) is 12.1 Å². The maximum atomic E-state index is 12.4. The fourth-order valence-corrected chi connectivity index (χ4v) is 3.45. The van der Waals surface area contributed by atoms with Gasteiger partial charge in [0.25, 0.3) is 0 Å². The first kappa shape index (κ1) is 15.9. The molecule has 3 heterocycles. The molecule has 0 N–H and O–H groups in total. The van der Waals surface area contributed by atoms with Gasteiger partial charge in [0.1, 0.15) is 0 Å². The van der Waals surface area contributed by atoms with E-state index in [0.29, 0.717) is 23.1 Å². The number of ketones is 1. The Bertz CT molecular complexity index is 826. The second kappa shape index (κ2) is 7.09. The van der Waals surface area contributed by atoms with Gasteiger partial charge < -0.3 is 8.94 Å². The summed E-state index contributed by atoms with van der Waals surface area (Å²) in [6.45, 7) is 0.945. The van der Waals surface area contributed by atoms with Crippen LogP contribution in [0.15, 0.2) is 45.8 Å². The van der Waals surface area contributed by atoms with Crippen molar-refractivity contribution in [2.24, 2.45) is 5.92 Å². The minimum absolute atomic E-state index is 0.0845. The van der Waals surface area contributed by atoms with E-state index in [2.05, 4.69) is 10.3 Å². The molecule has 25 heavy (non-hydrogen) atoms. The lowest BCUT2D eigenvalue weighted by atomic mass is 9.89. The Morgan fingerprint density at radius 1 is 1.24 bits per heavy atom. The summed E-state index contributed by atoms with van der Waals surface area (Å²) in [4.78, 5) is 12.4. The van der Waals surface area contributed by atoms with Gasteiger partial charge in [-0.05, 0) is 36.5 Å². The first-order valence-corrected chi connectivity index (χ1v) is 8.83. The Hall–Kier alpha value is -2.63. The van der Waals surface area contributed by atoms with Crippen molar-refractivity contribution >= 4 is 5.78 Å². The maximum Gasteiger partial charge on any atom is 0.202 e. The highest BCUT2D eigenvalue weighted by atomic mass is 16.5. The van der Waals surface area contributed by atoms with Crippen LogP contribution in [0.4, 0.5) is 0 Å². The van der Waals surface area contributed by atoms with Gasteiger partial charge in [0.05, 0.1) is 12.5 Å². The van der Waals surface area contributed by atoms with Gasteiger partial charge in [-0.25, -0.2) is 0 Å². The molecule has 0 atom stereocenters. The number of rotatable bonds is 6. The molecule has 0 spiro atoms. The van der Waals surface area contributed by atoms with Gasteiger partial charge in [0, 0.05) is 25.2 Å². The fraction of sp³-hybridized carbons (Fsp3) is 0.421. The van der Waals surface area contributed by atoms with Crippen molar-refractivity contribution < 1.29 is 13.7 Å². The van der Waals surface area contributed by atoms with Gasteiger partial charge in [-0.2, -0.15) is 5.10 Å². The lowest BCUT2D eigenvalue weighted by Gasteiger charge is -2.21. The SMILES string of the molecule is O=C(Cc1cnn(CC2CCCCC2)c1)c1cc(-c2ccco2)on1. The normalized spacial score (nSPS) is 15.5. The van der Waals surface area contributed by atoms with E-state index in [4.69, 9.17) is 8.94 Å². The van der Waals surface area contributed by atoms with E-state index < -0.39 is 0 Å². The van der Waals surface area contributed by atoms with Gasteiger partial charge in [-0.15, -0.1) is 0 Å². The Kier molecular flexibility index (Phi) is 4.50. The number of carbonyl (C=O) groups is 1. The summed E-state index contributed by atoms with van der Waals surface area (Å²) in [5.41, 5.74) is 1.22. The Labute approximate surface area is 145 Å². The summed E-state index contributed by atoms with van der Waals surface area (Å²) in [7, 11) is 0. The van der Waals surface area contributed by atoms with Crippen molar-refractivity contribution in [1.29, 1.82) is 0 Å². The molecule has 3 aromatic heterocycles. The molecule has 1 aliphatic carbocycles. The lowest BCUT2D eigenvalue weighted by molar-refractivity contribution is 0.0984. The van der Waals surface area contributed by atoms with Crippen LogP contribution in [-0.4, -0.2) is 20.7 Å². The minimum atomic E-state index is -0.0845. The summed E-state index contributed by atoms with van der Waals surface area (Å²) in [6.07, 6.45) is 12.1. The summed E-state index contributed by atoms with van der Waals surface area (Å²) < 4.78 is 12.4. The number of aromatic nitrogens is 3. The third-order valence-corrected chi connectivity index (χ3v) is 4.78. The van der Waals surface area contributed by atoms with Crippen LogP contribution in [0.1, 0.15) is 48.2 Å². The molecule has 1 aliphatic rings. The van der Waals surface area contributed by atoms with E-state index in [9.17, 15) is 4.79 Å². The standard InChI is InChI=1S/C19H21N3O3/c23-17(16-10-19(25-21-16)18-7-4-8-24-18)9-15-11-20-22(13-15)12-14-5-2-1-3-6-14/h4,7-8,10-11,13-14H,1-3,5-6,9,12H2. The molecule has 0 radical (unpaired) electrons. The van der Waals surface area contributed by atoms with Crippen LogP contribution >= 0.6 is 0 Å². The minimum Gasteiger partial charge on any atom is -0.461 e. The van der Waals surface area contributed by atoms with E-state index in [1.165, 1.54) is 32.1 Å². The van der Waals surface area contributed by atoms with Crippen LogP contribution < -0.4 is 0 Å². The zero-order chi connectivity index (χ0) is 17.1. The highest BCUT2D eigenvalue weighted by Crippen LogP contribution is 2.25. The first-order chi connectivity index (χ1) is 12.3. The van der Waals surface area contributed by atoms with Gasteiger partial charge in [-0.1, -0.05) is 24.4 Å². The van der Waals surface area contributed by atoms with Crippen LogP contribution in [-0.2, 0) is 13.0 Å². The second-order valence-corrected chi connectivity index (χ2v) is 6.73. The molecule has 0 aliphatic heterocycles. The number of nitrogens with zero attached hydrogens (tertiary/aromatic N) is 3. The number of furan rings is 1. The monoisotopic (exact) mass is 339 g/mol. The smallest absolute Gasteiger partial charge is 0.202 e. The summed E-state index contributed by atoms with van der Waals surface area (Å²) in [6, 6.07) is 5.15. The van der Waals surface area contributed by atoms with Crippen LogP contribution in [0, 0.1) is 5.92 Å². The van der Waals surface area contributed by atoms with Crippen LogP contribution in [0.5, 0.6) is 0 Å². The molecular formula is C19H21N3O3. The van der Waals surface area contributed by atoms with Crippen molar-refractivity contribution in [1.82, 2.24) is 14.9 Å². The van der Waals surface area contributed by atoms with Gasteiger partial charge in [0.2, 0.25) is 5.76 Å². The second-order valence-electron chi connectivity index (χ2n) is 6.73. The van der Waals surface area contributed by atoms with Crippen molar-refractivity contribution in [2.45, 2.75) is 45.1 Å². The molecule has 6 nitrogen and oxygen atoms in total. The lowest BCUT2D eigenvalue weighted by Crippen LogP contribution is -2.14. The molecule has 0 bridgehead atoms. The average Bonchev–Trinajstić information content (AvgIpc) is 3.37. The Morgan fingerprint density at radius 2 is 2.12 bits per heavy atom. The zero-order valence-electron chi connectivity index (χ0n) is 14.1. The highest BCUT2D eigenvalue weighted by molar-refractivity contribution is 5.96. The maximum absolute atomic E-state index is 12.4. The molecule has 0 amide bonds. The number of carbonyl (C=O) groups excluding carboxylic acids is 1. The molecule has 1 fully saturated rings. The summed E-state index contributed by atoms with van der Waals surface area (Å²) in [5, 5.41) is 8.27. The predicted molar refractivity (Wildman–Crippen MR) is 91.0 cm³/mol. The van der Waals surface area contributed by atoms with E-state index in [1.807, 2.05) is 10.9 Å². The number of hydrogen-bond acceptors (Lipinski definition) is 5. The Balaban J connectivity index is 1.38. The van der Waals surface area contributed by atoms with Gasteiger partial charge in [-0.3, -0.25) is 9.48 Å². The molecular weight excluding hydrogens is 318 g/mol. The Morgan fingerprint density at radius 3 is 2.92 bits per heavy atom. The third-order valence-electron chi connectivity index (χ3n) is 4.78. The van der Waals surface area contributed by atoms with Crippen LogP contribution in [0.25, 0.3) is 11.5 Å². The van der Waals surface area contributed by atoms with Crippen molar-refractivity contribution in [3.63, 3.8) is 0 Å². The molecule has 6 heteroatoms. The van der Waals surface area contributed by atoms with Crippen LogP contribution in [0.3, 0.4) is 0 Å². The average molecular weight is 339 g/mol. The van der Waals surface area contributed by atoms with Crippen molar-refractivity contribution in [3.8, 4) is 11.5 Å². The summed E-state index contributed by atoms with van der Waals surface area (Å²) in [5.74, 6) is 1.65. The molecule has 4 rings (SSSR count). The zero-order valence-corrected chi connectivity index (χ0v) is 14.1. The van der Waals surface area contributed by atoms with E-state index in [-0.39, 0.29) is 12.2 Å². The third kappa shape index (κ3) is 3.73. The van der Waals surface area contributed by atoms with Gasteiger partial charge in [0.15, 0.2) is 17.2 Å². The quantitative estimate of drug-likeness (QED) is 0.631. The van der Waals surface area contributed by atoms with Crippen LogP contribution in [0.2, 0.25) is 0 Å². The van der Waals surface area contributed by atoms with E-state index in [1.54, 1.807) is 30.7 Å². The highest BCUT2D eigenvalue weighted by Gasteiger charge is 2.18. The molecule has 130 valence electrons. The molecule has 1 saturated carbocycles. The van der Waals surface area contributed by atoms with E-state index >= 15 is 0 Å². The van der Waals surface area contributed by atoms with Crippen molar-refractivity contribution in [2.75, 3.05) is 0 Å². The predicted octanol–water partition coefficient (Wildman–Crippen LogP) is 4.14. The molecule has 0 saturated heterocycles. The summed E-state index contributed by atoms with van der Waals surface area (Å²) >= 11 is 0. The van der Waals surface area contributed by atoms with Crippen molar-refractivity contribution in [3.05, 3.63) is 48.1 Å². The molecule has 0 unspecified atom stereocenters. The number of Topliss-reactive ketones (excluding diaryl/α,β-unsaturated/α-hetero) is 1.